The van der Waals surface area contributed by atoms with Crippen LogP contribution in [0.5, 0.6) is 0 Å². The number of nitrogens with zero attached hydrogens (tertiary/aromatic N) is 5. The van der Waals surface area contributed by atoms with Gasteiger partial charge in [-0.05, 0) is 5.56 Å². The van der Waals surface area contributed by atoms with E-state index in [9.17, 15) is 14.4 Å². The number of hydrogen-bond donors (Lipinski definition) is 0. The summed E-state index contributed by atoms with van der Waals surface area (Å²) in [5.74, 6) is -0.299. The smallest absolute Gasteiger partial charge is 0.328 e. The van der Waals surface area contributed by atoms with Crippen LogP contribution < -0.4 is 0 Å². The second-order valence-corrected chi connectivity index (χ2v) is 6.53. The Morgan fingerprint density at radius 1 is 1.19 bits per heavy atom. The summed E-state index contributed by atoms with van der Waals surface area (Å²) in [4.78, 5) is 47.5. The molecule has 2 unspecified atom stereocenters. The van der Waals surface area contributed by atoms with Gasteiger partial charge >= 0.3 is 12.0 Å². The van der Waals surface area contributed by atoms with E-state index < -0.39 is 24.2 Å². The number of ether oxygens (including phenoxy) is 1. The Morgan fingerprint density at radius 2 is 1.89 bits per heavy atom. The highest BCUT2D eigenvalue weighted by Gasteiger charge is 2.54. The SMILES string of the molecule is COC(=O)CN1C(c2ccccc2)=CN2C1=NC1C2C(=O)N(C)C(=O)N1C. The Morgan fingerprint density at radius 3 is 2.56 bits per heavy atom. The molecule has 3 amide bonds. The first-order valence-corrected chi connectivity index (χ1v) is 8.46. The molecular weight excluding hydrogens is 350 g/mol. The van der Waals surface area contributed by atoms with E-state index in [1.165, 1.54) is 19.1 Å². The number of methoxy groups -OCH3 is 1. The Bertz CT molecular complexity index is 881. The van der Waals surface area contributed by atoms with Crippen LogP contribution in [0.15, 0.2) is 41.5 Å². The number of fused-ring (bicyclic) bond motifs is 3. The highest BCUT2D eigenvalue weighted by molar-refractivity contribution is 6.07. The summed E-state index contributed by atoms with van der Waals surface area (Å²) in [5, 5.41) is 0. The second-order valence-electron chi connectivity index (χ2n) is 6.53. The average molecular weight is 369 g/mol. The molecule has 0 spiro atoms. The van der Waals surface area contributed by atoms with Gasteiger partial charge in [0.2, 0.25) is 5.96 Å². The van der Waals surface area contributed by atoms with Gasteiger partial charge in [-0.3, -0.25) is 19.4 Å². The van der Waals surface area contributed by atoms with Gasteiger partial charge in [-0.1, -0.05) is 30.3 Å². The number of carbonyl (C=O) groups is 3. The fourth-order valence-electron chi connectivity index (χ4n) is 3.56. The summed E-state index contributed by atoms with van der Waals surface area (Å²) in [6, 6.07) is 8.46. The summed E-state index contributed by atoms with van der Waals surface area (Å²) in [6.07, 6.45) is 1.17. The van der Waals surface area contributed by atoms with E-state index in [0.717, 1.165) is 16.2 Å². The van der Waals surface area contributed by atoms with E-state index in [4.69, 9.17) is 4.74 Å². The number of guanidine groups is 1. The number of imide groups is 1. The normalized spacial score (nSPS) is 24.0. The van der Waals surface area contributed by atoms with Crippen molar-refractivity contribution in [3.63, 3.8) is 0 Å². The minimum atomic E-state index is -0.658. The Balaban J connectivity index is 1.77. The number of aliphatic imine (C=N–C) groups is 1. The van der Waals surface area contributed by atoms with Gasteiger partial charge in [0.25, 0.3) is 5.91 Å². The van der Waals surface area contributed by atoms with Crippen LogP contribution in [0.25, 0.3) is 5.70 Å². The van der Waals surface area contributed by atoms with Crippen molar-refractivity contribution in [1.82, 2.24) is 19.6 Å². The molecule has 0 N–H and O–H groups in total. The first kappa shape index (κ1) is 17.1. The van der Waals surface area contributed by atoms with Crippen LogP contribution in [0.1, 0.15) is 5.56 Å². The van der Waals surface area contributed by atoms with Crippen molar-refractivity contribution >= 4 is 29.6 Å². The maximum atomic E-state index is 12.8. The molecule has 3 aliphatic rings. The molecule has 0 aliphatic carbocycles. The Kier molecular flexibility index (Phi) is 3.87. The summed E-state index contributed by atoms with van der Waals surface area (Å²) >= 11 is 0. The molecule has 4 rings (SSSR count). The topological polar surface area (TPSA) is 85.8 Å². The van der Waals surface area contributed by atoms with Gasteiger partial charge in [-0.2, -0.15) is 0 Å². The van der Waals surface area contributed by atoms with Crippen molar-refractivity contribution in [2.45, 2.75) is 12.2 Å². The molecule has 2 atom stereocenters. The van der Waals surface area contributed by atoms with Crippen LogP contribution in [0.2, 0.25) is 0 Å². The van der Waals surface area contributed by atoms with Crippen LogP contribution >= 0.6 is 0 Å². The summed E-state index contributed by atoms with van der Waals surface area (Å²) in [7, 11) is 4.39. The van der Waals surface area contributed by atoms with E-state index in [1.54, 1.807) is 23.0 Å². The number of amides is 3. The summed E-state index contributed by atoms with van der Waals surface area (Å²) in [5.41, 5.74) is 1.63. The van der Waals surface area contributed by atoms with Crippen molar-refractivity contribution in [2.24, 2.45) is 4.99 Å². The molecular formula is C18H19N5O4. The minimum absolute atomic E-state index is 0.0479. The van der Waals surface area contributed by atoms with Crippen molar-refractivity contribution in [3.8, 4) is 0 Å². The number of hydrogen-bond acceptors (Lipinski definition) is 7. The molecule has 1 aromatic carbocycles. The molecule has 1 fully saturated rings. The van der Waals surface area contributed by atoms with Gasteiger partial charge in [0, 0.05) is 20.3 Å². The highest BCUT2D eigenvalue weighted by Crippen LogP contribution is 2.36. The molecule has 1 saturated heterocycles. The molecule has 0 radical (unpaired) electrons. The van der Waals surface area contributed by atoms with E-state index >= 15 is 0 Å². The lowest BCUT2D eigenvalue weighted by molar-refractivity contribution is -0.140. The largest absolute Gasteiger partial charge is 0.468 e. The second kappa shape index (κ2) is 6.11. The van der Waals surface area contributed by atoms with Crippen molar-refractivity contribution < 1.29 is 19.1 Å². The van der Waals surface area contributed by atoms with Crippen LogP contribution in [0.3, 0.4) is 0 Å². The van der Waals surface area contributed by atoms with Gasteiger partial charge in [-0.25, -0.2) is 9.79 Å². The first-order chi connectivity index (χ1) is 12.9. The number of carbonyl (C=O) groups excluding carboxylic acids is 3. The zero-order valence-corrected chi connectivity index (χ0v) is 15.2. The maximum Gasteiger partial charge on any atom is 0.328 e. The van der Waals surface area contributed by atoms with Gasteiger partial charge < -0.3 is 14.5 Å². The molecule has 1 aromatic rings. The zero-order valence-electron chi connectivity index (χ0n) is 15.2. The van der Waals surface area contributed by atoms with Gasteiger partial charge in [-0.15, -0.1) is 0 Å². The summed E-state index contributed by atoms with van der Waals surface area (Å²) < 4.78 is 4.82. The van der Waals surface area contributed by atoms with Crippen molar-refractivity contribution in [3.05, 3.63) is 42.1 Å². The lowest BCUT2D eigenvalue weighted by Crippen LogP contribution is -2.63. The molecule has 9 nitrogen and oxygen atoms in total. The van der Waals surface area contributed by atoms with Crippen molar-refractivity contribution in [2.75, 3.05) is 27.7 Å². The van der Waals surface area contributed by atoms with Crippen LogP contribution in [-0.4, -0.2) is 83.4 Å². The maximum absolute atomic E-state index is 12.8. The monoisotopic (exact) mass is 369 g/mol. The van der Waals surface area contributed by atoms with Gasteiger partial charge in [0.05, 0.1) is 12.8 Å². The third-order valence-electron chi connectivity index (χ3n) is 5.01. The lowest BCUT2D eigenvalue weighted by atomic mass is 10.1. The predicted octanol–water partition coefficient (Wildman–Crippen LogP) is 0.364. The van der Waals surface area contributed by atoms with E-state index in [0.29, 0.717) is 5.96 Å². The van der Waals surface area contributed by atoms with Crippen molar-refractivity contribution in [1.29, 1.82) is 0 Å². The Labute approximate surface area is 156 Å². The van der Waals surface area contributed by atoms with Crippen LogP contribution in [-0.2, 0) is 14.3 Å². The Hall–Kier alpha value is -3.36. The molecule has 0 bridgehead atoms. The zero-order chi connectivity index (χ0) is 19.3. The fourth-order valence-corrected chi connectivity index (χ4v) is 3.56. The molecule has 0 saturated carbocycles. The lowest BCUT2D eigenvalue weighted by Gasteiger charge is -2.38. The molecule has 3 heterocycles. The number of urea groups is 1. The van der Waals surface area contributed by atoms with Crippen LogP contribution in [0.4, 0.5) is 4.79 Å². The molecule has 9 heteroatoms. The molecule has 0 aromatic heterocycles. The summed E-state index contributed by atoms with van der Waals surface area (Å²) in [6.45, 7) is -0.0479. The van der Waals surface area contributed by atoms with E-state index in [1.807, 2.05) is 30.3 Å². The molecule has 27 heavy (non-hydrogen) atoms. The minimum Gasteiger partial charge on any atom is -0.468 e. The van der Waals surface area contributed by atoms with Gasteiger partial charge in [0.1, 0.15) is 6.54 Å². The van der Waals surface area contributed by atoms with E-state index in [-0.39, 0.29) is 12.5 Å². The quantitative estimate of drug-likeness (QED) is 0.716. The highest BCUT2D eigenvalue weighted by atomic mass is 16.5. The third kappa shape index (κ3) is 2.46. The number of likely N-dealkylation sites (N-methyl/N-ethyl adjacent to an activating group) is 2. The number of rotatable bonds is 3. The predicted molar refractivity (Wildman–Crippen MR) is 95.9 cm³/mol. The standard InChI is InChI=1S/C18H19N5O4/c1-20-15-14(16(25)21(2)18(20)26)23-9-12(11-7-5-4-6-8-11)22(17(23)19-15)10-13(24)27-3/h4-9,14-15H,10H2,1-3H3. The van der Waals surface area contributed by atoms with Gasteiger partial charge in [0.15, 0.2) is 12.2 Å². The fraction of sp³-hybridized carbons (Fsp3) is 0.333. The third-order valence-corrected chi connectivity index (χ3v) is 5.01. The molecule has 140 valence electrons. The van der Waals surface area contributed by atoms with E-state index in [2.05, 4.69) is 4.99 Å². The number of esters is 1. The number of benzene rings is 1. The first-order valence-electron chi connectivity index (χ1n) is 8.46. The van der Waals surface area contributed by atoms with Crippen LogP contribution in [0, 0.1) is 0 Å². The molecule has 3 aliphatic heterocycles. The average Bonchev–Trinajstić information content (AvgIpc) is 3.22.